The monoisotopic (exact) mass is 398 g/mol. The van der Waals surface area contributed by atoms with Crippen molar-refractivity contribution >= 4 is 17.6 Å². The maximum absolute atomic E-state index is 12.7. The van der Waals surface area contributed by atoms with Crippen molar-refractivity contribution in [2.24, 2.45) is 28.3 Å². The van der Waals surface area contributed by atoms with Gasteiger partial charge in [0.25, 0.3) is 0 Å². The van der Waals surface area contributed by atoms with Gasteiger partial charge >= 0.3 is 5.97 Å². The maximum atomic E-state index is 12.7. The highest BCUT2D eigenvalue weighted by molar-refractivity contribution is 5.99. The van der Waals surface area contributed by atoms with E-state index in [1.54, 1.807) is 12.1 Å². The quantitative estimate of drug-likeness (QED) is 0.541. The van der Waals surface area contributed by atoms with Crippen LogP contribution in [-0.4, -0.2) is 29.8 Å². The molecule has 4 fully saturated rings. The predicted molar refractivity (Wildman–Crippen MR) is 110 cm³/mol. The summed E-state index contributed by atoms with van der Waals surface area (Å²) < 4.78 is 5.24. The molecule has 6 heteroatoms. The van der Waals surface area contributed by atoms with E-state index in [2.05, 4.69) is 10.5 Å². The van der Waals surface area contributed by atoms with Crippen LogP contribution in [-0.2, 0) is 16.0 Å². The molecule has 1 amide bonds. The highest BCUT2D eigenvalue weighted by Crippen LogP contribution is 2.61. The molecule has 0 spiro atoms. The number of rotatable bonds is 7. The summed E-state index contributed by atoms with van der Waals surface area (Å²) >= 11 is 0. The second-order valence-electron chi connectivity index (χ2n) is 9.42. The molecule has 0 aromatic heterocycles. The topological polar surface area (TPSA) is 88.0 Å². The average Bonchev–Trinajstić information content (AvgIpc) is 2.64. The third-order valence-electron chi connectivity index (χ3n) is 7.09. The number of nitrogens with one attached hydrogen (secondary N) is 1. The number of carboxylic acids is 1. The van der Waals surface area contributed by atoms with Crippen LogP contribution in [0.3, 0.4) is 0 Å². The smallest absolute Gasteiger partial charge is 0.307 e. The lowest BCUT2D eigenvalue weighted by Gasteiger charge is -2.56. The fourth-order valence-corrected chi connectivity index (χ4v) is 6.40. The third kappa shape index (κ3) is 4.31. The maximum Gasteiger partial charge on any atom is 0.307 e. The zero-order valence-corrected chi connectivity index (χ0v) is 17.2. The van der Waals surface area contributed by atoms with Crippen molar-refractivity contribution in [1.82, 2.24) is 5.43 Å². The van der Waals surface area contributed by atoms with Crippen molar-refractivity contribution in [2.75, 3.05) is 7.11 Å². The van der Waals surface area contributed by atoms with E-state index in [9.17, 15) is 9.59 Å². The number of ether oxygens (including phenoxy) is 1. The van der Waals surface area contributed by atoms with E-state index in [1.165, 1.54) is 45.6 Å². The summed E-state index contributed by atoms with van der Waals surface area (Å²) in [7, 11) is 1.52. The van der Waals surface area contributed by atoms with Gasteiger partial charge in [-0.15, -0.1) is 0 Å². The van der Waals surface area contributed by atoms with E-state index < -0.39 is 5.97 Å². The lowest BCUT2D eigenvalue weighted by Crippen LogP contribution is -2.47. The summed E-state index contributed by atoms with van der Waals surface area (Å²) in [6.45, 7) is 1.82. The fourth-order valence-electron chi connectivity index (χ4n) is 6.40. The second-order valence-corrected chi connectivity index (χ2v) is 9.42. The molecular formula is C23H30N2O4. The Kier molecular flexibility index (Phi) is 5.36. The highest BCUT2D eigenvalue weighted by Gasteiger charge is 2.51. The van der Waals surface area contributed by atoms with Crippen molar-refractivity contribution in [1.29, 1.82) is 0 Å². The standard InChI is InChI=1S/C23H30N2O4/c1-14(18-3-4-20(29-2)19(8-18)9-22(27)28)24-25-21(26)13-23-10-15-5-16(11-23)7-17(6-15)12-23/h3-4,8,15-17H,5-7,9-13H2,1-2H3,(H,25,26)(H,27,28)/b24-14-. The second kappa shape index (κ2) is 7.81. The van der Waals surface area contributed by atoms with E-state index in [0.717, 1.165) is 23.3 Å². The van der Waals surface area contributed by atoms with Crippen LogP contribution < -0.4 is 10.2 Å². The molecule has 0 heterocycles. The van der Waals surface area contributed by atoms with Gasteiger partial charge in [-0.25, -0.2) is 5.43 Å². The van der Waals surface area contributed by atoms with Crippen LogP contribution >= 0.6 is 0 Å². The van der Waals surface area contributed by atoms with Crippen LogP contribution in [0.15, 0.2) is 23.3 Å². The molecule has 2 N–H and O–H groups in total. The first-order valence-electron chi connectivity index (χ1n) is 10.6. The molecule has 4 saturated carbocycles. The van der Waals surface area contributed by atoms with Crippen LogP contribution in [0.4, 0.5) is 0 Å². The zero-order valence-electron chi connectivity index (χ0n) is 17.2. The molecule has 1 aromatic rings. The summed E-state index contributed by atoms with van der Waals surface area (Å²) in [5.74, 6) is 2.09. The molecule has 0 saturated heterocycles. The first-order valence-corrected chi connectivity index (χ1v) is 10.6. The minimum absolute atomic E-state index is 0.00873. The molecule has 0 radical (unpaired) electrons. The number of aliphatic carboxylic acids is 1. The van der Waals surface area contributed by atoms with Crippen LogP contribution in [0.2, 0.25) is 0 Å². The number of benzene rings is 1. The Morgan fingerprint density at radius 1 is 1.17 bits per heavy atom. The Bertz CT molecular complexity index is 810. The van der Waals surface area contributed by atoms with Crippen molar-refractivity contribution in [3.05, 3.63) is 29.3 Å². The number of methoxy groups -OCH3 is 1. The van der Waals surface area contributed by atoms with Gasteiger partial charge in [0.15, 0.2) is 0 Å². The zero-order chi connectivity index (χ0) is 20.6. The fraction of sp³-hybridized carbons (Fsp3) is 0.609. The van der Waals surface area contributed by atoms with Crippen molar-refractivity contribution in [3.8, 4) is 5.75 Å². The summed E-state index contributed by atoms with van der Waals surface area (Å²) in [6.07, 6.45) is 8.16. The van der Waals surface area contributed by atoms with Gasteiger partial charge in [-0.05, 0) is 92.4 Å². The van der Waals surface area contributed by atoms with Gasteiger partial charge in [0.05, 0.1) is 19.2 Å². The lowest BCUT2D eigenvalue weighted by atomic mass is 9.49. The van der Waals surface area contributed by atoms with E-state index in [0.29, 0.717) is 23.4 Å². The summed E-state index contributed by atoms with van der Waals surface area (Å²) in [5, 5.41) is 13.4. The number of carboxylic acid groups (broad SMARTS) is 1. The Morgan fingerprint density at radius 3 is 2.34 bits per heavy atom. The Hall–Kier alpha value is -2.37. The van der Waals surface area contributed by atoms with Crippen LogP contribution in [0, 0.1) is 23.2 Å². The van der Waals surface area contributed by atoms with E-state index in [4.69, 9.17) is 9.84 Å². The Morgan fingerprint density at radius 2 is 1.79 bits per heavy atom. The molecule has 6 nitrogen and oxygen atoms in total. The summed E-state index contributed by atoms with van der Waals surface area (Å²) in [6, 6.07) is 5.33. The molecule has 0 aliphatic heterocycles. The first kappa shape index (κ1) is 19.9. The highest BCUT2D eigenvalue weighted by atomic mass is 16.5. The molecule has 0 unspecified atom stereocenters. The number of carbonyl (C=O) groups excluding carboxylic acids is 1. The van der Waals surface area contributed by atoms with Crippen LogP contribution in [0.1, 0.15) is 63.0 Å². The van der Waals surface area contributed by atoms with Gasteiger partial charge in [0.2, 0.25) is 5.91 Å². The van der Waals surface area contributed by atoms with Gasteiger partial charge < -0.3 is 9.84 Å². The molecule has 4 aliphatic rings. The number of hydrazone groups is 1. The van der Waals surface area contributed by atoms with Gasteiger partial charge in [0, 0.05) is 12.0 Å². The molecule has 29 heavy (non-hydrogen) atoms. The molecule has 4 aliphatic carbocycles. The normalized spacial score (nSPS) is 30.3. The van der Waals surface area contributed by atoms with E-state index in [-0.39, 0.29) is 17.7 Å². The first-order chi connectivity index (χ1) is 13.9. The van der Waals surface area contributed by atoms with Crippen molar-refractivity contribution in [2.45, 2.75) is 58.3 Å². The predicted octanol–water partition coefficient (Wildman–Crippen LogP) is 3.77. The molecule has 1 aromatic carbocycles. The van der Waals surface area contributed by atoms with Crippen LogP contribution in [0.25, 0.3) is 0 Å². The van der Waals surface area contributed by atoms with Crippen molar-refractivity contribution in [3.63, 3.8) is 0 Å². The van der Waals surface area contributed by atoms with Crippen molar-refractivity contribution < 1.29 is 19.4 Å². The van der Waals surface area contributed by atoms with Gasteiger partial charge in [-0.3, -0.25) is 9.59 Å². The Balaban J connectivity index is 1.41. The minimum Gasteiger partial charge on any atom is -0.496 e. The number of carbonyl (C=O) groups is 2. The van der Waals surface area contributed by atoms with E-state index in [1.807, 2.05) is 13.0 Å². The number of nitrogens with zero attached hydrogens (tertiary/aromatic N) is 1. The molecule has 156 valence electrons. The number of hydrogen-bond donors (Lipinski definition) is 2. The van der Waals surface area contributed by atoms with Crippen LogP contribution in [0.5, 0.6) is 5.75 Å². The summed E-state index contributed by atoms with van der Waals surface area (Å²) in [4.78, 5) is 23.8. The molecule has 4 bridgehead atoms. The molecule has 0 atom stereocenters. The minimum atomic E-state index is -0.918. The van der Waals surface area contributed by atoms with Gasteiger partial charge in [0.1, 0.15) is 5.75 Å². The number of amides is 1. The lowest BCUT2D eigenvalue weighted by molar-refractivity contribution is -0.136. The largest absolute Gasteiger partial charge is 0.496 e. The summed E-state index contributed by atoms with van der Waals surface area (Å²) in [5.41, 5.74) is 4.95. The molecular weight excluding hydrogens is 368 g/mol. The number of hydrogen-bond acceptors (Lipinski definition) is 4. The van der Waals surface area contributed by atoms with E-state index >= 15 is 0 Å². The van der Waals surface area contributed by atoms with Gasteiger partial charge in [-0.2, -0.15) is 5.10 Å². The average molecular weight is 399 g/mol. The molecule has 5 rings (SSSR count). The third-order valence-corrected chi connectivity index (χ3v) is 7.09. The Labute approximate surface area is 171 Å². The van der Waals surface area contributed by atoms with Gasteiger partial charge in [-0.1, -0.05) is 0 Å². The SMILES string of the molecule is COc1ccc(/C(C)=N\NC(=O)CC23CC4CC(CC(C4)C2)C3)cc1CC(=O)O.